The van der Waals surface area contributed by atoms with Gasteiger partial charge in [0.1, 0.15) is 5.82 Å². The molecule has 3 aliphatic rings. The zero-order chi connectivity index (χ0) is 20.9. The number of hydrogen-bond acceptors (Lipinski definition) is 3. The minimum Gasteiger partial charge on any atom is -0.481 e. The lowest BCUT2D eigenvalue weighted by atomic mass is 9.62. The van der Waals surface area contributed by atoms with Gasteiger partial charge in [0.15, 0.2) is 0 Å². The van der Waals surface area contributed by atoms with Crippen LogP contribution in [-0.2, 0) is 14.8 Å². The SMILES string of the molecule is O=C(O)CCCC=CC1CC2CCC1C(NS(=O)(=O)C=Cc1ccc(F)cc1)C2. The number of fused-ring (bicyclic) bond motifs is 3. The fourth-order valence-electron chi connectivity index (χ4n) is 4.56. The topological polar surface area (TPSA) is 83.5 Å². The molecule has 2 bridgehead atoms. The Hall–Kier alpha value is -1.99. The highest BCUT2D eigenvalue weighted by atomic mass is 32.2. The number of halogens is 1. The van der Waals surface area contributed by atoms with E-state index in [-0.39, 0.29) is 24.2 Å². The van der Waals surface area contributed by atoms with Gasteiger partial charge in [-0.2, -0.15) is 0 Å². The molecule has 3 aliphatic carbocycles. The molecular formula is C22H28FNO4S. The van der Waals surface area contributed by atoms with Gasteiger partial charge in [-0.3, -0.25) is 4.79 Å². The van der Waals surface area contributed by atoms with Gasteiger partial charge in [0.25, 0.3) is 0 Å². The lowest BCUT2D eigenvalue weighted by molar-refractivity contribution is -0.137. The van der Waals surface area contributed by atoms with E-state index in [0.29, 0.717) is 23.8 Å². The summed E-state index contributed by atoms with van der Waals surface area (Å²) in [5.41, 5.74) is 0.629. The number of hydrogen-bond donors (Lipinski definition) is 2. The van der Waals surface area contributed by atoms with Crippen LogP contribution < -0.4 is 4.72 Å². The van der Waals surface area contributed by atoms with Crippen LogP contribution in [0.4, 0.5) is 4.39 Å². The third kappa shape index (κ3) is 6.51. The number of allylic oxidation sites excluding steroid dienone is 2. The number of rotatable bonds is 9. The summed E-state index contributed by atoms with van der Waals surface area (Å²) >= 11 is 0. The van der Waals surface area contributed by atoms with Crippen molar-refractivity contribution in [3.8, 4) is 0 Å². The number of benzene rings is 1. The Morgan fingerprint density at radius 2 is 1.97 bits per heavy atom. The molecule has 4 atom stereocenters. The fraction of sp³-hybridized carbons (Fsp3) is 0.500. The number of carboxylic acids is 1. The lowest BCUT2D eigenvalue weighted by Gasteiger charge is -2.46. The molecule has 1 aromatic rings. The molecular weight excluding hydrogens is 393 g/mol. The number of sulfonamides is 1. The summed E-state index contributed by atoms with van der Waals surface area (Å²) in [7, 11) is -3.59. The Kier molecular flexibility index (Phi) is 7.24. The first kappa shape index (κ1) is 21.7. The van der Waals surface area contributed by atoms with Crippen molar-refractivity contribution in [3.05, 3.63) is 53.2 Å². The van der Waals surface area contributed by atoms with Crippen LogP contribution >= 0.6 is 0 Å². The summed E-state index contributed by atoms with van der Waals surface area (Å²) in [6.45, 7) is 0. The smallest absolute Gasteiger partial charge is 0.303 e. The highest BCUT2D eigenvalue weighted by Crippen LogP contribution is 2.46. The van der Waals surface area contributed by atoms with Crippen molar-refractivity contribution < 1.29 is 22.7 Å². The fourth-order valence-corrected chi connectivity index (χ4v) is 5.67. The maximum absolute atomic E-state index is 13.0. The van der Waals surface area contributed by atoms with Gasteiger partial charge in [-0.15, -0.1) is 0 Å². The van der Waals surface area contributed by atoms with Crippen molar-refractivity contribution in [3.63, 3.8) is 0 Å². The monoisotopic (exact) mass is 421 g/mol. The van der Waals surface area contributed by atoms with Crippen LogP contribution in [0.3, 0.4) is 0 Å². The standard InChI is InChI=1S/C22H28FNO4S/c23-19-9-6-16(7-10-19)12-13-29(27,28)24-21-15-17-8-11-20(21)18(14-17)4-2-1-3-5-22(25)26/h2,4,6-7,9-10,12-13,17-18,20-21,24H,1,3,5,8,11,14-15H2,(H,25,26). The molecule has 0 saturated heterocycles. The molecule has 0 heterocycles. The van der Waals surface area contributed by atoms with Gasteiger partial charge in [0.2, 0.25) is 10.0 Å². The third-order valence-corrected chi connectivity index (χ3v) is 7.06. The quantitative estimate of drug-likeness (QED) is 0.459. The van der Waals surface area contributed by atoms with Crippen molar-refractivity contribution in [2.24, 2.45) is 17.8 Å². The van der Waals surface area contributed by atoms with Crippen LogP contribution in [0.1, 0.15) is 50.5 Å². The van der Waals surface area contributed by atoms with Crippen LogP contribution in [-0.4, -0.2) is 25.5 Å². The minimum absolute atomic E-state index is 0.0842. The average molecular weight is 422 g/mol. The maximum Gasteiger partial charge on any atom is 0.303 e. The highest BCUT2D eigenvalue weighted by molar-refractivity contribution is 7.92. The summed E-state index contributed by atoms with van der Waals surface area (Å²) in [6, 6.07) is 5.59. The van der Waals surface area contributed by atoms with Gasteiger partial charge in [-0.25, -0.2) is 17.5 Å². The van der Waals surface area contributed by atoms with Gasteiger partial charge < -0.3 is 5.11 Å². The summed E-state index contributed by atoms with van der Waals surface area (Å²) in [5.74, 6) is -0.0185. The first-order chi connectivity index (χ1) is 13.8. The van der Waals surface area contributed by atoms with Crippen molar-refractivity contribution in [2.75, 3.05) is 0 Å². The van der Waals surface area contributed by atoms with Crippen molar-refractivity contribution in [1.29, 1.82) is 0 Å². The minimum atomic E-state index is -3.59. The highest BCUT2D eigenvalue weighted by Gasteiger charge is 2.42. The van der Waals surface area contributed by atoms with Gasteiger partial charge in [-0.05, 0) is 73.6 Å². The van der Waals surface area contributed by atoms with E-state index >= 15 is 0 Å². The molecule has 0 amide bonds. The van der Waals surface area contributed by atoms with Crippen molar-refractivity contribution >= 4 is 22.1 Å². The summed E-state index contributed by atoms with van der Waals surface area (Å²) in [5, 5.41) is 9.86. The second-order valence-corrected chi connectivity index (χ2v) is 9.68. The maximum atomic E-state index is 13.0. The zero-order valence-electron chi connectivity index (χ0n) is 16.3. The van der Waals surface area contributed by atoms with Crippen molar-refractivity contribution in [2.45, 2.75) is 51.0 Å². The number of aliphatic carboxylic acids is 1. The zero-order valence-corrected chi connectivity index (χ0v) is 17.2. The normalized spacial score (nSPS) is 27.1. The second kappa shape index (κ2) is 9.67. The van der Waals surface area contributed by atoms with Gasteiger partial charge in [0, 0.05) is 17.9 Å². The van der Waals surface area contributed by atoms with Crippen LogP contribution in [0, 0.1) is 23.6 Å². The Labute approximate surface area is 171 Å². The van der Waals surface area contributed by atoms with Gasteiger partial charge in [0.05, 0.1) is 0 Å². The molecule has 29 heavy (non-hydrogen) atoms. The average Bonchev–Trinajstić information content (AvgIpc) is 2.67. The van der Waals surface area contributed by atoms with Crippen LogP contribution in [0.2, 0.25) is 0 Å². The molecule has 0 radical (unpaired) electrons. The Morgan fingerprint density at radius 1 is 1.21 bits per heavy atom. The van der Waals surface area contributed by atoms with Crippen molar-refractivity contribution in [1.82, 2.24) is 4.72 Å². The number of nitrogens with one attached hydrogen (secondary N) is 1. The predicted molar refractivity (Wildman–Crippen MR) is 111 cm³/mol. The molecule has 4 rings (SSSR count). The second-order valence-electron chi connectivity index (χ2n) is 8.08. The first-order valence-electron chi connectivity index (χ1n) is 10.2. The van der Waals surface area contributed by atoms with E-state index in [1.165, 1.54) is 30.3 Å². The molecule has 4 unspecified atom stereocenters. The van der Waals surface area contributed by atoms with E-state index in [1.54, 1.807) is 0 Å². The summed E-state index contributed by atoms with van der Waals surface area (Å²) < 4.78 is 40.9. The molecule has 0 spiro atoms. The van der Waals surface area contributed by atoms with Gasteiger partial charge in [-0.1, -0.05) is 30.7 Å². The number of carbonyl (C=O) groups is 1. The van der Waals surface area contributed by atoms with Crippen LogP contribution in [0.25, 0.3) is 6.08 Å². The first-order valence-corrected chi connectivity index (χ1v) is 11.7. The predicted octanol–water partition coefficient (Wildman–Crippen LogP) is 4.33. The molecule has 2 N–H and O–H groups in total. The lowest BCUT2D eigenvalue weighted by Crippen LogP contribution is -2.49. The molecule has 0 aliphatic heterocycles. The summed E-state index contributed by atoms with van der Waals surface area (Å²) in [6.07, 6.45) is 11.3. The third-order valence-electron chi connectivity index (χ3n) is 5.94. The number of carboxylic acid groups (broad SMARTS) is 1. The van der Waals surface area contributed by atoms with E-state index in [9.17, 15) is 17.6 Å². The molecule has 1 aromatic carbocycles. The Morgan fingerprint density at radius 3 is 2.66 bits per heavy atom. The van der Waals surface area contributed by atoms with E-state index in [1.807, 2.05) is 6.08 Å². The van der Waals surface area contributed by atoms with Crippen LogP contribution in [0.5, 0.6) is 0 Å². The molecule has 7 heteroatoms. The molecule has 158 valence electrons. The Balaban J connectivity index is 1.59. The summed E-state index contributed by atoms with van der Waals surface area (Å²) in [4.78, 5) is 10.6. The van der Waals surface area contributed by atoms with Gasteiger partial charge >= 0.3 is 5.97 Å². The largest absolute Gasteiger partial charge is 0.481 e. The molecule has 5 nitrogen and oxygen atoms in total. The Bertz CT molecular complexity index is 863. The number of unbranched alkanes of at least 4 members (excludes halogenated alkanes) is 1. The van der Waals surface area contributed by atoms with E-state index in [2.05, 4.69) is 10.8 Å². The van der Waals surface area contributed by atoms with E-state index in [4.69, 9.17) is 5.11 Å². The molecule has 3 fully saturated rings. The van der Waals surface area contributed by atoms with E-state index in [0.717, 1.165) is 37.5 Å². The molecule has 0 aromatic heterocycles. The molecule has 3 saturated carbocycles. The van der Waals surface area contributed by atoms with E-state index < -0.39 is 16.0 Å². The van der Waals surface area contributed by atoms with Crippen LogP contribution in [0.15, 0.2) is 41.8 Å².